The van der Waals surface area contributed by atoms with E-state index in [1.165, 1.54) is 17.5 Å². The fourth-order valence-electron chi connectivity index (χ4n) is 2.25. The van der Waals surface area contributed by atoms with Gasteiger partial charge in [0.25, 0.3) is 0 Å². The highest BCUT2D eigenvalue weighted by Gasteiger charge is 2.08. The van der Waals surface area contributed by atoms with Crippen molar-refractivity contribution in [3.63, 3.8) is 0 Å². The fraction of sp³-hybridized carbons (Fsp3) is 0.647. The summed E-state index contributed by atoms with van der Waals surface area (Å²) < 4.78 is 5.91. The molecule has 0 radical (unpaired) electrons. The van der Waals surface area contributed by atoms with Gasteiger partial charge in [-0.05, 0) is 55.5 Å². The van der Waals surface area contributed by atoms with Crippen molar-refractivity contribution in [3.8, 4) is 5.75 Å². The van der Waals surface area contributed by atoms with Crippen LogP contribution >= 0.6 is 0 Å². The molecule has 0 aliphatic rings. The quantitative estimate of drug-likeness (QED) is 0.756. The molecule has 19 heavy (non-hydrogen) atoms. The van der Waals surface area contributed by atoms with Crippen molar-refractivity contribution in [1.82, 2.24) is 5.32 Å². The summed E-state index contributed by atoms with van der Waals surface area (Å²) in [6, 6.07) is 6.89. The highest BCUT2D eigenvalue weighted by Crippen LogP contribution is 2.23. The minimum atomic E-state index is 0.449. The van der Waals surface area contributed by atoms with Crippen LogP contribution in [0.4, 0.5) is 0 Å². The third-order valence-electron chi connectivity index (χ3n) is 3.49. The van der Waals surface area contributed by atoms with Gasteiger partial charge >= 0.3 is 0 Å². The van der Waals surface area contributed by atoms with Gasteiger partial charge in [0, 0.05) is 6.04 Å². The van der Waals surface area contributed by atoms with Gasteiger partial charge in [0.15, 0.2) is 0 Å². The summed E-state index contributed by atoms with van der Waals surface area (Å²) in [6.45, 7) is 12.8. The Balaban J connectivity index is 2.55. The van der Waals surface area contributed by atoms with Gasteiger partial charge in [0.05, 0.1) is 0 Å². The minimum absolute atomic E-state index is 0.449. The zero-order valence-electron chi connectivity index (χ0n) is 13.1. The Morgan fingerprint density at radius 3 is 2.47 bits per heavy atom. The lowest BCUT2D eigenvalue weighted by Gasteiger charge is -2.18. The molecule has 0 saturated carbocycles. The molecule has 0 aliphatic carbocycles. The number of hydrogen-bond acceptors (Lipinski definition) is 2. The third kappa shape index (κ3) is 5.23. The van der Waals surface area contributed by atoms with Crippen LogP contribution in [0.15, 0.2) is 18.2 Å². The Labute approximate surface area is 118 Å². The predicted octanol–water partition coefficient (Wildman–Crippen LogP) is 4.28. The number of nitrogens with one attached hydrogen (secondary N) is 1. The van der Waals surface area contributed by atoms with Crippen molar-refractivity contribution >= 4 is 0 Å². The van der Waals surface area contributed by atoms with Crippen molar-refractivity contribution in [2.45, 2.75) is 59.4 Å². The maximum absolute atomic E-state index is 5.91. The maximum atomic E-state index is 5.91. The molecule has 0 spiro atoms. The van der Waals surface area contributed by atoms with Crippen molar-refractivity contribution in [3.05, 3.63) is 29.3 Å². The van der Waals surface area contributed by atoms with E-state index in [4.69, 9.17) is 4.74 Å². The topological polar surface area (TPSA) is 21.3 Å². The van der Waals surface area contributed by atoms with Crippen LogP contribution in [-0.4, -0.2) is 19.2 Å². The molecule has 0 heterocycles. The second kappa shape index (κ2) is 8.21. The highest BCUT2D eigenvalue weighted by atomic mass is 16.5. The molecule has 1 atom stereocenters. The second-order valence-electron chi connectivity index (χ2n) is 5.54. The maximum Gasteiger partial charge on any atom is 0.119 e. The molecule has 108 valence electrons. The lowest BCUT2D eigenvalue weighted by Crippen LogP contribution is -2.34. The summed E-state index contributed by atoms with van der Waals surface area (Å²) in [7, 11) is 0. The van der Waals surface area contributed by atoms with Gasteiger partial charge in [0.1, 0.15) is 12.4 Å². The predicted molar refractivity (Wildman–Crippen MR) is 83.1 cm³/mol. The molecule has 1 aromatic rings. The zero-order chi connectivity index (χ0) is 14.3. The summed E-state index contributed by atoms with van der Waals surface area (Å²) in [6.07, 6.45) is 2.27. The number of hydrogen-bond donors (Lipinski definition) is 1. The first-order valence-electron chi connectivity index (χ1n) is 7.55. The van der Waals surface area contributed by atoms with Crippen LogP contribution in [0.25, 0.3) is 0 Å². The van der Waals surface area contributed by atoms with E-state index >= 15 is 0 Å². The number of benzene rings is 1. The van der Waals surface area contributed by atoms with Gasteiger partial charge in [-0.2, -0.15) is 0 Å². The largest absolute Gasteiger partial charge is 0.492 e. The molecule has 1 unspecified atom stereocenters. The third-order valence-corrected chi connectivity index (χ3v) is 3.49. The van der Waals surface area contributed by atoms with Gasteiger partial charge in [-0.3, -0.25) is 0 Å². The average molecular weight is 263 g/mol. The molecule has 2 heteroatoms. The molecule has 2 nitrogen and oxygen atoms in total. The Hall–Kier alpha value is -1.02. The van der Waals surface area contributed by atoms with E-state index in [-0.39, 0.29) is 0 Å². The van der Waals surface area contributed by atoms with Gasteiger partial charge in [0.2, 0.25) is 0 Å². The van der Waals surface area contributed by atoms with Crippen LogP contribution in [0.5, 0.6) is 5.75 Å². The molecule has 0 saturated heterocycles. The Kier molecular flexibility index (Phi) is 6.93. The van der Waals surface area contributed by atoms with Gasteiger partial charge in [-0.1, -0.05) is 33.8 Å². The molecule has 0 aromatic heterocycles. The molecule has 1 aromatic carbocycles. The molecule has 1 N–H and O–H groups in total. The first-order valence-corrected chi connectivity index (χ1v) is 7.55. The summed E-state index contributed by atoms with van der Waals surface area (Å²) in [5, 5.41) is 3.51. The molecule has 0 bridgehead atoms. The summed E-state index contributed by atoms with van der Waals surface area (Å²) in [5.41, 5.74) is 2.73. The van der Waals surface area contributed by atoms with E-state index in [1.54, 1.807) is 0 Å². The number of aryl methyl sites for hydroxylation is 1. The molecule has 1 rings (SSSR count). The lowest BCUT2D eigenvalue weighted by atomic mass is 9.98. The van der Waals surface area contributed by atoms with Crippen LogP contribution in [-0.2, 0) is 0 Å². The Morgan fingerprint density at radius 2 is 1.95 bits per heavy atom. The first-order chi connectivity index (χ1) is 9.08. The number of rotatable bonds is 8. The van der Waals surface area contributed by atoms with Crippen molar-refractivity contribution in [1.29, 1.82) is 0 Å². The first kappa shape index (κ1) is 16.0. The standard InChI is InChI=1S/C17H29NO/c1-6-10-18-15(7-2)12-19-16-8-9-17(13(3)4)14(5)11-16/h8-9,11,13,15,18H,6-7,10,12H2,1-5H3. The monoisotopic (exact) mass is 263 g/mol. The Bertz CT molecular complexity index is 374. The number of ether oxygens (including phenoxy) is 1. The average Bonchev–Trinajstić information content (AvgIpc) is 2.38. The van der Waals surface area contributed by atoms with Crippen molar-refractivity contribution < 1.29 is 4.74 Å². The van der Waals surface area contributed by atoms with Crippen molar-refractivity contribution in [2.24, 2.45) is 0 Å². The summed E-state index contributed by atoms with van der Waals surface area (Å²) >= 11 is 0. The molecular formula is C17H29NO. The molecule has 0 fully saturated rings. The van der Waals surface area contributed by atoms with Gasteiger partial charge < -0.3 is 10.1 Å². The molecular weight excluding hydrogens is 234 g/mol. The van der Waals surface area contributed by atoms with E-state index in [1.807, 2.05) is 0 Å². The van der Waals surface area contributed by atoms with Crippen LogP contribution in [0, 0.1) is 6.92 Å². The smallest absolute Gasteiger partial charge is 0.119 e. The van der Waals surface area contributed by atoms with Crippen LogP contribution < -0.4 is 10.1 Å². The summed E-state index contributed by atoms with van der Waals surface area (Å²) in [5.74, 6) is 1.56. The highest BCUT2D eigenvalue weighted by molar-refractivity contribution is 5.36. The fourth-order valence-corrected chi connectivity index (χ4v) is 2.25. The van der Waals surface area contributed by atoms with Crippen LogP contribution in [0.1, 0.15) is 57.6 Å². The lowest BCUT2D eigenvalue weighted by molar-refractivity contribution is 0.260. The normalized spacial score (nSPS) is 12.7. The van der Waals surface area contributed by atoms with Crippen LogP contribution in [0.3, 0.4) is 0 Å². The van der Waals surface area contributed by atoms with E-state index < -0.39 is 0 Å². The zero-order valence-corrected chi connectivity index (χ0v) is 13.1. The molecule has 0 aliphatic heterocycles. The van der Waals surface area contributed by atoms with Gasteiger partial charge in [-0.15, -0.1) is 0 Å². The van der Waals surface area contributed by atoms with Crippen molar-refractivity contribution in [2.75, 3.05) is 13.2 Å². The minimum Gasteiger partial charge on any atom is -0.492 e. The van der Waals surface area contributed by atoms with Gasteiger partial charge in [-0.25, -0.2) is 0 Å². The van der Waals surface area contributed by atoms with E-state index in [0.717, 1.165) is 25.3 Å². The SMILES string of the molecule is CCCNC(CC)COc1ccc(C(C)C)c(C)c1. The second-order valence-corrected chi connectivity index (χ2v) is 5.54. The summed E-state index contributed by atoms with van der Waals surface area (Å²) in [4.78, 5) is 0. The Morgan fingerprint density at radius 1 is 1.21 bits per heavy atom. The van der Waals surface area contributed by atoms with E-state index in [9.17, 15) is 0 Å². The van der Waals surface area contributed by atoms with E-state index in [2.05, 4.69) is 58.1 Å². The van der Waals surface area contributed by atoms with Crippen LogP contribution in [0.2, 0.25) is 0 Å². The van der Waals surface area contributed by atoms with E-state index in [0.29, 0.717) is 12.0 Å². The molecule has 0 amide bonds.